The standard InChI is InChI=1S/C17H30N2/c1-2-5-14-12-15(8-7-13(14)4-1)18-16-9-11-19-10-3-6-17(16)19/h13-18H,1-12H2. The van der Waals surface area contributed by atoms with Crippen LogP contribution in [0.25, 0.3) is 0 Å². The fourth-order valence-electron chi connectivity index (χ4n) is 5.60. The van der Waals surface area contributed by atoms with Crippen molar-refractivity contribution in [1.82, 2.24) is 10.2 Å². The summed E-state index contributed by atoms with van der Waals surface area (Å²) < 4.78 is 0. The Balaban J connectivity index is 1.33. The maximum atomic E-state index is 4.08. The van der Waals surface area contributed by atoms with Gasteiger partial charge in [-0.1, -0.05) is 25.7 Å². The van der Waals surface area contributed by atoms with E-state index in [0.29, 0.717) is 0 Å². The molecule has 0 aromatic rings. The smallest absolute Gasteiger partial charge is 0.0250 e. The highest BCUT2D eigenvalue weighted by molar-refractivity contribution is 4.98. The van der Waals surface area contributed by atoms with Crippen LogP contribution in [-0.2, 0) is 0 Å². The zero-order valence-corrected chi connectivity index (χ0v) is 12.3. The summed E-state index contributed by atoms with van der Waals surface area (Å²) in [5, 5.41) is 4.08. The Morgan fingerprint density at radius 2 is 1.63 bits per heavy atom. The van der Waals surface area contributed by atoms with Gasteiger partial charge in [-0.15, -0.1) is 0 Å². The molecule has 0 aromatic heterocycles. The molecule has 0 spiro atoms. The monoisotopic (exact) mass is 262 g/mol. The van der Waals surface area contributed by atoms with Crippen LogP contribution in [0.3, 0.4) is 0 Å². The van der Waals surface area contributed by atoms with Gasteiger partial charge < -0.3 is 5.32 Å². The first-order chi connectivity index (χ1) is 9.40. The Labute approximate surface area is 118 Å². The van der Waals surface area contributed by atoms with Crippen molar-refractivity contribution in [2.45, 2.75) is 82.3 Å². The Bertz CT molecular complexity index is 316. The molecule has 2 saturated carbocycles. The van der Waals surface area contributed by atoms with Crippen LogP contribution in [0, 0.1) is 11.8 Å². The van der Waals surface area contributed by atoms with Crippen molar-refractivity contribution in [1.29, 1.82) is 0 Å². The maximum absolute atomic E-state index is 4.08. The van der Waals surface area contributed by atoms with Crippen molar-refractivity contribution in [2.75, 3.05) is 13.1 Å². The lowest BCUT2D eigenvalue weighted by atomic mass is 9.69. The molecule has 0 bridgehead atoms. The van der Waals surface area contributed by atoms with Gasteiger partial charge in [0, 0.05) is 24.7 Å². The molecule has 4 rings (SSSR count). The molecule has 2 heterocycles. The summed E-state index contributed by atoms with van der Waals surface area (Å²) in [6.07, 6.45) is 14.9. The molecule has 2 aliphatic heterocycles. The maximum Gasteiger partial charge on any atom is 0.0250 e. The van der Waals surface area contributed by atoms with Gasteiger partial charge in [0.2, 0.25) is 0 Å². The Morgan fingerprint density at radius 1 is 0.737 bits per heavy atom. The molecule has 2 aliphatic carbocycles. The van der Waals surface area contributed by atoms with Gasteiger partial charge in [0.1, 0.15) is 0 Å². The van der Waals surface area contributed by atoms with Gasteiger partial charge in [0.15, 0.2) is 0 Å². The molecule has 0 aromatic carbocycles. The fourth-order valence-corrected chi connectivity index (χ4v) is 5.60. The molecule has 2 heteroatoms. The number of hydrogen-bond acceptors (Lipinski definition) is 2. The van der Waals surface area contributed by atoms with Crippen LogP contribution in [0.4, 0.5) is 0 Å². The lowest BCUT2D eigenvalue weighted by molar-refractivity contribution is 0.135. The first kappa shape index (κ1) is 12.6. The highest BCUT2D eigenvalue weighted by Gasteiger charge is 2.39. The highest BCUT2D eigenvalue weighted by atomic mass is 15.2. The number of nitrogens with one attached hydrogen (secondary N) is 1. The second kappa shape index (κ2) is 5.37. The first-order valence-corrected chi connectivity index (χ1v) is 8.90. The molecule has 0 amide bonds. The Morgan fingerprint density at radius 3 is 2.58 bits per heavy atom. The summed E-state index contributed by atoms with van der Waals surface area (Å²) in [5.41, 5.74) is 0. The molecule has 2 saturated heterocycles. The third kappa shape index (κ3) is 2.47. The zero-order valence-electron chi connectivity index (χ0n) is 12.3. The molecule has 4 aliphatic rings. The van der Waals surface area contributed by atoms with E-state index in [1.165, 1.54) is 77.3 Å². The molecule has 4 fully saturated rings. The molecular formula is C17H30N2. The van der Waals surface area contributed by atoms with Gasteiger partial charge in [-0.25, -0.2) is 0 Å². The Kier molecular flexibility index (Phi) is 3.57. The van der Waals surface area contributed by atoms with Crippen LogP contribution in [0.2, 0.25) is 0 Å². The highest BCUT2D eigenvalue weighted by Crippen LogP contribution is 2.41. The number of nitrogens with zero attached hydrogens (tertiary/aromatic N) is 1. The molecule has 2 nitrogen and oxygen atoms in total. The van der Waals surface area contributed by atoms with E-state index < -0.39 is 0 Å². The van der Waals surface area contributed by atoms with Crippen molar-refractivity contribution < 1.29 is 0 Å². The second-order valence-corrected chi connectivity index (χ2v) is 7.62. The largest absolute Gasteiger partial charge is 0.310 e. The molecule has 19 heavy (non-hydrogen) atoms. The minimum Gasteiger partial charge on any atom is -0.310 e. The first-order valence-electron chi connectivity index (χ1n) is 8.90. The summed E-state index contributed by atoms with van der Waals surface area (Å²) in [6, 6.07) is 2.57. The van der Waals surface area contributed by atoms with Crippen LogP contribution in [0.15, 0.2) is 0 Å². The summed E-state index contributed by atoms with van der Waals surface area (Å²) in [4.78, 5) is 2.74. The van der Waals surface area contributed by atoms with Gasteiger partial charge in [-0.2, -0.15) is 0 Å². The number of fused-ring (bicyclic) bond motifs is 2. The third-order valence-corrected chi connectivity index (χ3v) is 6.60. The van der Waals surface area contributed by atoms with E-state index >= 15 is 0 Å². The van der Waals surface area contributed by atoms with Crippen LogP contribution in [0.5, 0.6) is 0 Å². The summed E-state index contributed by atoms with van der Waals surface area (Å²) in [6.45, 7) is 2.74. The second-order valence-electron chi connectivity index (χ2n) is 7.62. The minimum atomic E-state index is 0.827. The van der Waals surface area contributed by atoms with Crippen molar-refractivity contribution in [3.63, 3.8) is 0 Å². The van der Waals surface area contributed by atoms with Crippen molar-refractivity contribution >= 4 is 0 Å². The predicted octanol–water partition coefficient (Wildman–Crippen LogP) is 3.17. The normalized spacial score (nSPS) is 47.1. The van der Waals surface area contributed by atoms with Gasteiger partial charge in [0.25, 0.3) is 0 Å². The van der Waals surface area contributed by atoms with E-state index in [1.54, 1.807) is 0 Å². The number of rotatable bonds is 2. The predicted molar refractivity (Wildman–Crippen MR) is 79.2 cm³/mol. The molecule has 5 atom stereocenters. The molecule has 1 N–H and O–H groups in total. The SMILES string of the molecule is C1CCC2CC(NC3CCN4CCCC34)CCC2C1. The average molecular weight is 262 g/mol. The van der Waals surface area contributed by atoms with Crippen molar-refractivity contribution in [3.8, 4) is 0 Å². The van der Waals surface area contributed by atoms with Crippen LogP contribution < -0.4 is 5.32 Å². The quantitative estimate of drug-likeness (QED) is 0.822. The van der Waals surface area contributed by atoms with Crippen LogP contribution >= 0.6 is 0 Å². The molecular weight excluding hydrogens is 232 g/mol. The van der Waals surface area contributed by atoms with E-state index in [-0.39, 0.29) is 0 Å². The van der Waals surface area contributed by atoms with Crippen molar-refractivity contribution in [2.24, 2.45) is 11.8 Å². The van der Waals surface area contributed by atoms with Crippen LogP contribution in [0.1, 0.15) is 64.2 Å². The van der Waals surface area contributed by atoms with E-state index in [2.05, 4.69) is 10.2 Å². The van der Waals surface area contributed by atoms with E-state index in [4.69, 9.17) is 0 Å². The summed E-state index contributed by atoms with van der Waals surface area (Å²) in [5.74, 6) is 2.17. The third-order valence-electron chi connectivity index (χ3n) is 6.60. The number of hydrogen-bond donors (Lipinski definition) is 1. The van der Waals surface area contributed by atoms with Crippen molar-refractivity contribution in [3.05, 3.63) is 0 Å². The van der Waals surface area contributed by atoms with Gasteiger partial charge in [-0.05, 0) is 56.9 Å². The van der Waals surface area contributed by atoms with Gasteiger partial charge in [0.05, 0.1) is 0 Å². The average Bonchev–Trinajstić information content (AvgIpc) is 3.04. The lowest BCUT2D eigenvalue weighted by Gasteiger charge is -2.41. The fraction of sp³-hybridized carbons (Fsp3) is 1.00. The molecule has 108 valence electrons. The van der Waals surface area contributed by atoms with E-state index in [0.717, 1.165) is 30.0 Å². The minimum absolute atomic E-state index is 0.827. The summed E-state index contributed by atoms with van der Waals surface area (Å²) >= 11 is 0. The Hall–Kier alpha value is -0.0800. The van der Waals surface area contributed by atoms with Gasteiger partial charge >= 0.3 is 0 Å². The topological polar surface area (TPSA) is 15.3 Å². The van der Waals surface area contributed by atoms with E-state index in [1.807, 2.05) is 0 Å². The van der Waals surface area contributed by atoms with Gasteiger partial charge in [-0.3, -0.25) is 4.90 Å². The zero-order chi connectivity index (χ0) is 12.7. The molecule has 0 radical (unpaired) electrons. The van der Waals surface area contributed by atoms with E-state index in [9.17, 15) is 0 Å². The molecule has 5 unspecified atom stereocenters. The van der Waals surface area contributed by atoms with Crippen LogP contribution in [-0.4, -0.2) is 36.1 Å². The summed E-state index contributed by atoms with van der Waals surface area (Å²) in [7, 11) is 0. The lowest BCUT2D eigenvalue weighted by Crippen LogP contribution is -2.47.